The Hall–Kier alpha value is -3.12. The number of para-hydroxylation sites is 1. The standard InChI is InChI=1S/C21H20N2O3S/c1-16-11-12-17(2)21(13-16)27(24,25)23-22-15-18-7-6-10-20(14-18)26-19-8-4-3-5-9-19/h3-15,23H,1-2H3/b22-15-. The molecule has 0 heterocycles. The summed E-state index contributed by atoms with van der Waals surface area (Å²) in [5.74, 6) is 1.37. The highest BCUT2D eigenvalue weighted by Crippen LogP contribution is 2.21. The van der Waals surface area contributed by atoms with E-state index in [1.165, 1.54) is 6.21 Å². The Labute approximate surface area is 159 Å². The maximum absolute atomic E-state index is 12.5. The van der Waals surface area contributed by atoms with Crippen molar-refractivity contribution >= 4 is 16.2 Å². The SMILES string of the molecule is Cc1ccc(C)c(S(=O)(=O)N/N=C\c2cccc(Oc3ccccc3)c2)c1. The Kier molecular flexibility index (Phi) is 5.57. The van der Waals surface area contributed by atoms with E-state index < -0.39 is 10.0 Å². The van der Waals surface area contributed by atoms with Crippen LogP contribution in [0.2, 0.25) is 0 Å². The normalized spacial score (nSPS) is 11.5. The first-order chi connectivity index (χ1) is 12.9. The average molecular weight is 380 g/mol. The van der Waals surface area contributed by atoms with E-state index in [1.807, 2.05) is 61.5 Å². The lowest BCUT2D eigenvalue weighted by Gasteiger charge is -2.08. The zero-order valence-corrected chi connectivity index (χ0v) is 15.9. The Morgan fingerprint density at radius 3 is 2.41 bits per heavy atom. The van der Waals surface area contributed by atoms with Gasteiger partial charge in [-0.15, -0.1) is 0 Å². The molecule has 0 bridgehead atoms. The molecule has 0 aliphatic rings. The van der Waals surface area contributed by atoms with Crippen molar-refractivity contribution in [3.63, 3.8) is 0 Å². The molecule has 0 unspecified atom stereocenters. The molecule has 3 aromatic carbocycles. The lowest BCUT2D eigenvalue weighted by Crippen LogP contribution is -2.19. The molecule has 0 radical (unpaired) electrons. The number of hydrogen-bond donors (Lipinski definition) is 1. The van der Waals surface area contributed by atoms with Crippen molar-refractivity contribution in [1.29, 1.82) is 0 Å². The molecule has 1 N–H and O–H groups in total. The summed E-state index contributed by atoms with van der Waals surface area (Å²) in [6, 6.07) is 21.9. The van der Waals surface area contributed by atoms with E-state index in [0.29, 0.717) is 16.9 Å². The topological polar surface area (TPSA) is 67.8 Å². The summed E-state index contributed by atoms with van der Waals surface area (Å²) < 4.78 is 30.7. The molecule has 6 heteroatoms. The number of sulfonamides is 1. The molecule has 0 aliphatic carbocycles. The monoisotopic (exact) mass is 380 g/mol. The van der Waals surface area contributed by atoms with E-state index in [4.69, 9.17) is 4.74 Å². The van der Waals surface area contributed by atoms with Gasteiger partial charge in [0.15, 0.2) is 0 Å². The van der Waals surface area contributed by atoms with Crippen molar-refractivity contribution in [1.82, 2.24) is 4.83 Å². The predicted octanol–water partition coefficient (Wildman–Crippen LogP) is 4.41. The van der Waals surface area contributed by atoms with Crippen molar-refractivity contribution < 1.29 is 13.2 Å². The Balaban J connectivity index is 1.73. The number of hydrogen-bond acceptors (Lipinski definition) is 4. The van der Waals surface area contributed by atoms with E-state index >= 15 is 0 Å². The van der Waals surface area contributed by atoms with E-state index in [9.17, 15) is 8.42 Å². The van der Waals surface area contributed by atoms with E-state index in [2.05, 4.69) is 9.93 Å². The quantitative estimate of drug-likeness (QED) is 0.509. The van der Waals surface area contributed by atoms with Gasteiger partial charge in [0.25, 0.3) is 10.0 Å². The second kappa shape index (κ2) is 8.05. The second-order valence-corrected chi connectivity index (χ2v) is 7.74. The molecule has 0 aliphatic heterocycles. The molecule has 3 aromatic rings. The van der Waals surface area contributed by atoms with Crippen LogP contribution in [0.3, 0.4) is 0 Å². The molecule has 0 amide bonds. The fraction of sp³-hybridized carbons (Fsp3) is 0.0952. The zero-order valence-electron chi connectivity index (χ0n) is 15.1. The van der Waals surface area contributed by atoms with Crippen molar-refractivity contribution in [3.05, 3.63) is 89.5 Å². The predicted molar refractivity (Wildman–Crippen MR) is 107 cm³/mol. The van der Waals surface area contributed by atoms with Crippen molar-refractivity contribution in [2.45, 2.75) is 18.7 Å². The Bertz CT molecular complexity index is 1060. The van der Waals surface area contributed by atoms with E-state index in [-0.39, 0.29) is 4.90 Å². The third-order valence-electron chi connectivity index (χ3n) is 3.86. The van der Waals surface area contributed by atoms with Crippen LogP contribution in [0.5, 0.6) is 11.5 Å². The summed E-state index contributed by atoms with van der Waals surface area (Å²) in [4.78, 5) is 2.48. The van der Waals surface area contributed by atoms with Gasteiger partial charge in [0.2, 0.25) is 0 Å². The van der Waals surface area contributed by atoms with Crippen LogP contribution < -0.4 is 9.57 Å². The summed E-state index contributed by atoms with van der Waals surface area (Å²) in [5, 5.41) is 3.89. The summed E-state index contributed by atoms with van der Waals surface area (Å²) in [6.45, 7) is 3.60. The fourth-order valence-corrected chi connectivity index (χ4v) is 3.62. The smallest absolute Gasteiger partial charge is 0.276 e. The molecule has 0 aromatic heterocycles. The number of rotatable bonds is 6. The Morgan fingerprint density at radius 2 is 1.63 bits per heavy atom. The number of benzene rings is 3. The lowest BCUT2D eigenvalue weighted by molar-refractivity contribution is 0.482. The van der Waals surface area contributed by atoms with Crippen LogP contribution in [0, 0.1) is 13.8 Å². The molecule has 27 heavy (non-hydrogen) atoms. The van der Waals surface area contributed by atoms with Gasteiger partial charge in [-0.25, -0.2) is 4.83 Å². The Morgan fingerprint density at radius 1 is 0.889 bits per heavy atom. The third-order valence-corrected chi connectivity index (χ3v) is 5.22. The number of ether oxygens (including phenoxy) is 1. The highest BCUT2D eigenvalue weighted by Gasteiger charge is 2.15. The van der Waals surface area contributed by atoms with E-state index in [0.717, 1.165) is 11.3 Å². The third kappa shape index (κ3) is 4.95. The van der Waals surface area contributed by atoms with Gasteiger partial charge in [-0.05, 0) is 60.9 Å². The van der Waals surface area contributed by atoms with Crippen molar-refractivity contribution in [2.75, 3.05) is 0 Å². The fourth-order valence-electron chi connectivity index (χ4n) is 2.50. The molecular formula is C21H20N2O3S. The highest BCUT2D eigenvalue weighted by atomic mass is 32.2. The van der Waals surface area contributed by atoms with Gasteiger partial charge in [-0.1, -0.05) is 42.5 Å². The molecule has 0 saturated heterocycles. The van der Waals surface area contributed by atoms with Crippen LogP contribution in [-0.4, -0.2) is 14.6 Å². The van der Waals surface area contributed by atoms with Gasteiger partial charge in [0, 0.05) is 0 Å². The van der Waals surface area contributed by atoms with Crippen LogP contribution in [0.1, 0.15) is 16.7 Å². The molecular weight excluding hydrogens is 360 g/mol. The first-order valence-corrected chi connectivity index (χ1v) is 9.87. The van der Waals surface area contributed by atoms with Crippen LogP contribution in [0.25, 0.3) is 0 Å². The minimum atomic E-state index is -3.72. The number of nitrogens with zero attached hydrogens (tertiary/aromatic N) is 1. The molecule has 0 atom stereocenters. The summed E-state index contributed by atoms with van der Waals surface area (Å²) in [5.41, 5.74) is 2.25. The molecule has 3 rings (SSSR count). The minimum Gasteiger partial charge on any atom is -0.457 e. The van der Waals surface area contributed by atoms with Gasteiger partial charge in [0.1, 0.15) is 11.5 Å². The maximum atomic E-state index is 12.5. The van der Waals surface area contributed by atoms with Gasteiger partial charge < -0.3 is 4.74 Å². The van der Waals surface area contributed by atoms with Gasteiger partial charge >= 0.3 is 0 Å². The van der Waals surface area contributed by atoms with Gasteiger partial charge in [0.05, 0.1) is 11.1 Å². The lowest BCUT2D eigenvalue weighted by atomic mass is 10.2. The summed E-state index contributed by atoms with van der Waals surface area (Å²) in [6.07, 6.45) is 1.44. The first-order valence-electron chi connectivity index (χ1n) is 8.39. The molecule has 0 spiro atoms. The molecule has 138 valence electrons. The van der Waals surface area contributed by atoms with Crippen LogP contribution in [0.4, 0.5) is 0 Å². The second-order valence-electron chi connectivity index (χ2n) is 6.11. The molecule has 0 fully saturated rings. The first kappa shape index (κ1) is 18.7. The van der Waals surface area contributed by atoms with Crippen LogP contribution >= 0.6 is 0 Å². The van der Waals surface area contributed by atoms with Crippen LogP contribution in [-0.2, 0) is 10.0 Å². The highest BCUT2D eigenvalue weighted by molar-refractivity contribution is 7.89. The van der Waals surface area contributed by atoms with Gasteiger partial charge in [-0.2, -0.15) is 13.5 Å². The average Bonchev–Trinajstić information content (AvgIpc) is 2.65. The maximum Gasteiger partial charge on any atom is 0.276 e. The minimum absolute atomic E-state index is 0.223. The van der Waals surface area contributed by atoms with Crippen molar-refractivity contribution in [3.8, 4) is 11.5 Å². The number of aryl methyl sites for hydroxylation is 2. The van der Waals surface area contributed by atoms with Crippen LogP contribution in [0.15, 0.2) is 82.8 Å². The molecule has 5 nitrogen and oxygen atoms in total. The van der Waals surface area contributed by atoms with E-state index in [1.54, 1.807) is 25.1 Å². The van der Waals surface area contributed by atoms with Crippen molar-refractivity contribution in [2.24, 2.45) is 5.10 Å². The molecule has 0 saturated carbocycles. The summed E-state index contributed by atoms with van der Waals surface area (Å²) in [7, 11) is -3.72. The summed E-state index contributed by atoms with van der Waals surface area (Å²) >= 11 is 0. The zero-order chi connectivity index (χ0) is 19.3. The number of hydrazone groups is 1. The largest absolute Gasteiger partial charge is 0.457 e. The number of nitrogens with one attached hydrogen (secondary N) is 1. The van der Waals surface area contributed by atoms with Gasteiger partial charge in [-0.3, -0.25) is 0 Å².